The number of nitriles is 1. The molecule has 1 fully saturated rings. The Balaban J connectivity index is 1.75. The molecule has 1 aliphatic rings. The van der Waals surface area contributed by atoms with Gasteiger partial charge in [0.2, 0.25) is 11.2 Å². The molecular formula is C25H28ClN7O. The second kappa shape index (κ2) is 9.50. The van der Waals surface area contributed by atoms with E-state index in [-0.39, 0.29) is 22.9 Å². The highest BCUT2D eigenvalue weighted by atomic mass is 35.5. The molecule has 0 amide bonds. The predicted molar refractivity (Wildman–Crippen MR) is 134 cm³/mol. The molecule has 0 saturated carbocycles. The number of imidazole rings is 1. The van der Waals surface area contributed by atoms with Gasteiger partial charge in [-0.05, 0) is 57.0 Å². The minimum atomic E-state index is -0.260. The molecule has 2 aromatic heterocycles. The Morgan fingerprint density at radius 3 is 2.32 bits per heavy atom. The van der Waals surface area contributed by atoms with Crippen molar-refractivity contribution in [3.8, 4) is 17.9 Å². The summed E-state index contributed by atoms with van der Waals surface area (Å²) in [7, 11) is 0. The molecule has 0 spiro atoms. The minimum Gasteiger partial charge on any atom is -0.340 e. The van der Waals surface area contributed by atoms with Crippen LogP contribution in [0.25, 0.3) is 11.2 Å². The first-order valence-electron chi connectivity index (χ1n) is 11.3. The Morgan fingerprint density at radius 2 is 1.74 bits per heavy atom. The van der Waals surface area contributed by atoms with E-state index in [1.807, 2.05) is 16.7 Å². The van der Waals surface area contributed by atoms with Gasteiger partial charge in [0.1, 0.15) is 0 Å². The molecule has 176 valence electrons. The quantitative estimate of drug-likeness (QED) is 0.424. The topological polar surface area (TPSA) is 83.0 Å². The van der Waals surface area contributed by atoms with Crippen molar-refractivity contribution in [2.75, 3.05) is 31.1 Å². The van der Waals surface area contributed by atoms with Crippen LogP contribution in [0.5, 0.6) is 0 Å². The van der Waals surface area contributed by atoms with Gasteiger partial charge in [-0.3, -0.25) is 18.8 Å². The van der Waals surface area contributed by atoms with E-state index in [1.165, 1.54) is 4.57 Å². The molecule has 0 radical (unpaired) electrons. The van der Waals surface area contributed by atoms with Crippen molar-refractivity contribution in [2.24, 2.45) is 0 Å². The average molecular weight is 478 g/mol. The molecule has 1 aliphatic heterocycles. The first-order valence-corrected chi connectivity index (χ1v) is 11.7. The van der Waals surface area contributed by atoms with Crippen molar-refractivity contribution in [1.82, 2.24) is 24.0 Å². The van der Waals surface area contributed by atoms with Gasteiger partial charge in [-0.15, -0.1) is 5.92 Å². The fraction of sp³-hybridized carbons (Fsp3) is 0.440. The van der Waals surface area contributed by atoms with Crippen molar-refractivity contribution in [3.63, 3.8) is 0 Å². The third-order valence-corrected chi connectivity index (χ3v) is 6.44. The monoisotopic (exact) mass is 477 g/mol. The van der Waals surface area contributed by atoms with Gasteiger partial charge in [0.05, 0.1) is 24.7 Å². The highest BCUT2D eigenvalue weighted by Gasteiger charge is 2.29. The van der Waals surface area contributed by atoms with Crippen LogP contribution in [0.2, 0.25) is 5.28 Å². The summed E-state index contributed by atoms with van der Waals surface area (Å²) in [6.45, 7) is 12.4. The van der Waals surface area contributed by atoms with E-state index >= 15 is 0 Å². The summed E-state index contributed by atoms with van der Waals surface area (Å²) < 4.78 is 3.30. The van der Waals surface area contributed by atoms with Gasteiger partial charge in [-0.25, -0.2) is 0 Å². The lowest BCUT2D eigenvalue weighted by atomic mass is 10.1. The number of hydrogen-bond acceptors (Lipinski definition) is 6. The molecular weight excluding hydrogens is 450 g/mol. The summed E-state index contributed by atoms with van der Waals surface area (Å²) >= 11 is 6.44. The van der Waals surface area contributed by atoms with Crippen LogP contribution in [0.1, 0.15) is 38.8 Å². The van der Waals surface area contributed by atoms with Crippen molar-refractivity contribution in [1.29, 1.82) is 5.26 Å². The van der Waals surface area contributed by atoms with E-state index in [4.69, 9.17) is 21.8 Å². The van der Waals surface area contributed by atoms with Crippen molar-refractivity contribution >= 4 is 28.7 Å². The van der Waals surface area contributed by atoms with E-state index in [0.717, 1.165) is 31.7 Å². The Kier molecular flexibility index (Phi) is 6.65. The number of aromatic nitrogens is 4. The Bertz CT molecular complexity index is 1360. The zero-order valence-corrected chi connectivity index (χ0v) is 20.7. The van der Waals surface area contributed by atoms with Gasteiger partial charge in [0.25, 0.3) is 5.56 Å². The molecule has 4 rings (SSSR count). The number of fused-ring (bicyclic) bond motifs is 1. The zero-order valence-electron chi connectivity index (χ0n) is 20.0. The number of benzene rings is 1. The number of nitrogens with zero attached hydrogens (tertiary/aromatic N) is 7. The lowest BCUT2D eigenvalue weighted by Crippen LogP contribution is -2.54. The minimum absolute atomic E-state index is 0.0807. The van der Waals surface area contributed by atoms with Crippen LogP contribution in [0.15, 0.2) is 29.1 Å². The van der Waals surface area contributed by atoms with Crippen LogP contribution in [-0.2, 0) is 13.1 Å². The van der Waals surface area contributed by atoms with Gasteiger partial charge < -0.3 is 4.90 Å². The van der Waals surface area contributed by atoms with Gasteiger partial charge in [0.15, 0.2) is 11.2 Å². The summed E-state index contributed by atoms with van der Waals surface area (Å²) in [5.74, 6) is 6.69. The Morgan fingerprint density at radius 1 is 1.06 bits per heavy atom. The van der Waals surface area contributed by atoms with Gasteiger partial charge in [-0.1, -0.05) is 18.1 Å². The number of hydrogen-bond donors (Lipinski definition) is 0. The summed E-state index contributed by atoms with van der Waals surface area (Å²) in [4.78, 5) is 27.4. The molecule has 34 heavy (non-hydrogen) atoms. The second-order valence-corrected chi connectivity index (χ2v) is 9.66. The largest absolute Gasteiger partial charge is 0.340 e. The van der Waals surface area contributed by atoms with Gasteiger partial charge in [-0.2, -0.15) is 15.2 Å². The number of anilines is 1. The van der Waals surface area contributed by atoms with E-state index in [1.54, 1.807) is 19.1 Å². The standard InChI is InChI=1S/C25H28ClN7O/c1-5-6-11-32-20-21(29-24(32)30-12-14-31(15-13-30)25(2,3)4)28-23(26)33(22(20)34)17-19-9-7-18(16-27)8-10-19/h7-10H,11-15,17H2,1-4H3. The summed E-state index contributed by atoms with van der Waals surface area (Å²) in [6, 6.07) is 9.16. The third kappa shape index (κ3) is 4.65. The molecule has 3 heterocycles. The highest BCUT2D eigenvalue weighted by molar-refractivity contribution is 6.28. The molecule has 0 bridgehead atoms. The smallest absolute Gasteiger partial charge is 0.281 e. The maximum Gasteiger partial charge on any atom is 0.281 e. The zero-order chi connectivity index (χ0) is 24.5. The number of halogens is 1. The van der Waals surface area contributed by atoms with E-state index < -0.39 is 0 Å². The maximum absolute atomic E-state index is 13.6. The van der Waals surface area contributed by atoms with E-state index in [9.17, 15) is 4.79 Å². The second-order valence-electron chi connectivity index (χ2n) is 9.32. The molecule has 1 saturated heterocycles. The predicted octanol–water partition coefficient (Wildman–Crippen LogP) is 3.11. The fourth-order valence-electron chi connectivity index (χ4n) is 4.21. The number of piperazine rings is 1. The summed E-state index contributed by atoms with van der Waals surface area (Å²) in [5.41, 5.74) is 1.98. The van der Waals surface area contributed by atoms with Crippen molar-refractivity contribution < 1.29 is 0 Å². The average Bonchev–Trinajstić information content (AvgIpc) is 3.18. The Hall–Kier alpha value is -3.33. The molecule has 3 aromatic rings. The highest BCUT2D eigenvalue weighted by Crippen LogP contribution is 2.24. The first kappa shape index (κ1) is 23.8. The van der Waals surface area contributed by atoms with Crippen molar-refractivity contribution in [2.45, 2.75) is 46.3 Å². The Labute approximate surface area is 204 Å². The SMILES string of the molecule is CC#CCn1c(N2CCN(C(C)(C)C)CC2)nc2nc(Cl)n(Cc3ccc(C#N)cc3)c(=O)c21. The van der Waals surface area contributed by atoms with Gasteiger partial charge >= 0.3 is 0 Å². The van der Waals surface area contributed by atoms with E-state index in [0.29, 0.717) is 29.2 Å². The van der Waals surface area contributed by atoms with Gasteiger partial charge in [0, 0.05) is 31.7 Å². The van der Waals surface area contributed by atoms with Crippen LogP contribution in [0.4, 0.5) is 5.95 Å². The molecule has 0 unspecified atom stereocenters. The molecule has 1 aromatic carbocycles. The first-order chi connectivity index (χ1) is 16.2. The van der Waals surface area contributed by atoms with Crippen LogP contribution in [0.3, 0.4) is 0 Å². The molecule has 9 heteroatoms. The van der Waals surface area contributed by atoms with Crippen LogP contribution < -0.4 is 10.5 Å². The van der Waals surface area contributed by atoms with Crippen LogP contribution in [0, 0.1) is 23.2 Å². The molecule has 8 nitrogen and oxygen atoms in total. The maximum atomic E-state index is 13.6. The lowest BCUT2D eigenvalue weighted by molar-refractivity contribution is 0.128. The number of rotatable bonds is 4. The van der Waals surface area contributed by atoms with Crippen LogP contribution in [-0.4, -0.2) is 55.7 Å². The summed E-state index contributed by atoms with van der Waals surface area (Å²) in [5, 5.41) is 9.11. The lowest BCUT2D eigenvalue weighted by Gasteiger charge is -2.42. The van der Waals surface area contributed by atoms with Crippen LogP contribution >= 0.6 is 11.6 Å². The van der Waals surface area contributed by atoms with Crippen molar-refractivity contribution in [3.05, 3.63) is 51.0 Å². The third-order valence-electron chi connectivity index (χ3n) is 6.15. The molecule has 0 N–H and O–H groups in total. The summed E-state index contributed by atoms with van der Waals surface area (Å²) in [6.07, 6.45) is 0. The van der Waals surface area contributed by atoms with E-state index in [2.05, 4.69) is 53.5 Å². The molecule has 0 aliphatic carbocycles. The fourth-order valence-corrected chi connectivity index (χ4v) is 4.42. The molecule has 0 atom stereocenters. The normalized spacial score (nSPS) is 14.6.